The number of carbonyl (C=O) groups is 3. The van der Waals surface area contributed by atoms with Gasteiger partial charge in [-0.1, -0.05) is 34.7 Å². The fraction of sp³-hybridized carbons (Fsp3) is 0.731. The molecule has 0 aliphatic carbocycles. The highest BCUT2D eigenvalue weighted by Gasteiger charge is 2.77. The number of amides is 2. The van der Waals surface area contributed by atoms with Crippen LogP contribution in [0.25, 0.3) is 0 Å². The molecule has 10 nitrogen and oxygen atoms in total. The molecule has 4 saturated heterocycles. The molecule has 0 aromatic heterocycles. The van der Waals surface area contributed by atoms with Crippen LogP contribution in [-0.2, 0) is 28.6 Å². The number of ether oxygens (including phenoxy) is 3. The van der Waals surface area contributed by atoms with Crippen molar-refractivity contribution in [3.05, 3.63) is 25.3 Å². The van der Waals surface area contributed by atoms with Crippen molar-refractivity contribution in [2.75, 3.05) is 65.7 Å². The van der Waals surface area contributed by atoms with E-state index in [4.69, 9.17) is 14.2 Å². The number of rotatable bonds is 13. The van der Waals surface area contributed by atoms with Crippen LogP contribution in [0.15, 0.2) is 25.3 Å². The van der Waals surface area contributed by atoms with Gasteiger partial charge in [-0.05, 0) is 19.3 Å². The maximum Gasteiger partial charge on any atom is 0.312 e. The van der Waals surface area contributed by atoms with Crippen LogP contribution >= 0.6 is 15.9 Å². The van der Waals surface area contributed by atoms with Crippen LogP contribution in [0, 0.1) is 11.8 Å². The molecule has 0 saturated carbocycles. The standard InChI is InChI=1S/C26H38BrN3O7/c1-3-7-29(10-9-28-11-15-35-16-12-28)24(33)22-26-17-18(27)21(37-26)19(25(34)36-14-4-2)20(26)23(32)30(22)8-5-6-13-31/h3-4,18-22,31H,1-2,5-17H2/t18?,19-,20-,21-,22?,26?/m0/s1. The van der Waals surface area contributed by atoms with Crippen molar-refractivity contribution in [2.45, 2.75) is 41.8 Å². The average molecular weight is 585 g/mol. The molecule has 2 amide bonds. The van der Waals surface area contributed by atoms with Gasteiger partial charge in [0.15, 0.2) is 0 Å². The summed E-state index contributed by atoms with van der Waals surface area (Å²) in [4.78, 5) is 46.6. The molecule has 0 aromatic carbocycles. The number of hydrogen-bond acceptors (Lipinski definition) is 8. The van der Waals surface area contributed by atoms with E-state index in [2.05, 4.69) is 34.0 Å². The Labute approximate surface area is 226 Å². The molecule has 2 bridgehead atoms. The smallest absolute Gasteiger partial charge is 0.312 e. The van der Waals surface area contributed by atoms with Gasteiger partial charge in [-0.2, -0.15) is 0 Å². The first-order valence-electron chi connectivity index (χ1n) is 13.1. The maximum absolute atomic E-state index is 14.2. The third kappa shape index (κ3) is 5.38. The summed E-state index contributed by atoms with van der Waals surface area (Å²) in [6.45, 7) is 12.2. The zero-order valence-electron chi connectivity index (χ0n) is 21.3. The zero-order valence-corrected chi connectivity index (χ0v) is 22.9. The number of fused-ring (bicyclic) bond motifs is 1. The number of aliphatic hydroxyl groups is 1. The number of morpholine rings is 1. The predicted octanol–water partition coefficient (Wildman–Crippen LogP) is 0.583. The second-order valence-electron chi connectivity index (χ2n) is 10.1. The number of esters is 1. The molecule has 0 radical (unpaired) electrons. The second kappa shape index (κ2) is 12.4. The summed E-state index contributed by atoms with van der Waals surface area (Å²) in [6.07, 6.45) is 4.11. The second-order valence-corrected chi connectivity index (χ2v) is 11.2. The minimum atomic E-state index is -1.12. The number of unbranched alkanes of at least 4 members (excludes halogenated alkanes) is 1. The number of nitrogens with zero attached hydrogens (tertiary/aromatic N) is 3. The first kappa shape index (κ1) is 28.2. The van der Waals surface area contributed by atoms with E-state index in [1.165, 1.54) is 6.08 Å². The van der Waals surface area contributed by atoms with E-state index in [1.807, 2.05) is 0 Å². The van der Waals surface area contributed by atoms with Gasteiger partial charge in [0, 0.05) is 50.7 Å². The SMILES string of the molecule is C=CCOC(=O)[C@H]1[C@H]2C(=O)N(CCCCO)C(C(=O)N(CC=C)CCN3CCOCC3)C23CC(Br)[C@@H]1O3. The summed E-state index contributed by atoms with van der Waals surface area (Å²) in [5.41, 5.74) is -1.12. The Balaban J connectivity index is 1.63. The molecule has 4 rings (SSSR count). The van der Waals surface area contributed by atoms with E-state index in [0.29, 0.717) is 58.7 Å². The fourth-order valence-corrected chi connectivity index (χ4v) is 7.20. The molecule has 1 spiro atoms. The highest BCUT2D eigenvalue weighted by atomic mass is 79.9. The molecule has 37 heavy (non-hydrogen) atoms. The van der Waals surface area contributed by atoms with E-state index in [9.17, 15) is 19.5 Å². The van der Waals surface area contributed by atoms with Crippen LogP contribution in [0.1, 0.15) is 19.3 Å². The lowest BCUT2D eigenvalue weighted by molar-refractivity contribution is -0.154. The average Bonchev–Trinajstić information content (AvgIpc) is 3.49. The zero-order chi connectivity index (χ0) is 26.6. The Morgan fingerprint density at radius 3 is 2.65 bits per heavy atom. The van der Waals surface area contributed by atoms with Crippen molar-refractivity contribution in [2.24, 2.45) is 11.8 Å². The quantitative estimate of drug-likeness (QED) is 0.145. The summed E-state index contributed by atoms with van der Waals surface area (Å²) in [7, 11) is 0. The topological polar surface area (TPSA) is 109 Å². The van der Waals surface area contributed by atoms with E-state index < -0.39 is 35.6 Å². The van der Waals surface area contributed by atoms with Crippen molar-refractivity contribution in [1.29, 1.82) is 0 Å². The molecule has 6 atom stereocenters. The molecule has 0 aromatic rings. The lowest BCUT2D eigenvalue weighted by Gasteiger charge is -2.38. The first-order chi connectivity index (χ1) is 17.9. The number of aliphatic hydroxyl groups excluding tert-OH is 1. The molecular weight excluding hydrogens is 546 g/mol. The lowest BCUT2D eigenvalue weighted by atomic mass is 9.70. The highest BCUT2D eigenvalue weighted by Crippen LogP contribution is 2.60. The van der Waals surface area contributed by atoms with E-state index in [1.54, 1.807) is 15.9 Å². The molecule has 4 aliphatic heterocycles. The van der Waals surface area contributed by atoms with E-state index >= 15 is 0 Å². The van der Waals surface area contributed by atoms with E-state index in [0.717, 1.165) is 13.1 Å². The van der Waals surface area contributed by atoms with Crippen LogP contribution in [0.4, 0.5) is 0 Å². The minimum absolute atomic E-state index is 0.00406. The summed E-state index contributed by atoms with van der Waals surface area (Å²) in [5, 5.41) is 9.33. The maximum atomic E-state index is 14.2. The van der Waals surface area contributed by atoms with Gasteiger partial charge in [-0.25, -0.2) is 0 Å². The molecule has 4 aliphatic rings. The van der Waals surface area contributed by atoms with Crippen molar-refractivity contribution in [3.63, 3.8) is 0 Å². The van der Waals surface area contributed by atoms with Gasteiger partial charge in [-0.15, -0.1) is 6.58 Å². The molecule has 4 fully saturated rings. The van der Waals surface area contributed by atoms with E-state index in [-0.39, 0.29) is 29.9 Å². The Morgan fingerprint density at radius 2 is 1.97 bits per heavy atom. The normalized spacial score (nSPS) is 32.9. The van der Waals surface area contributed by atoms with Gasteiger partial charge in [0.2, 0.25) is 11.8 Å². The van der Waals surface area contributed by atoms with Crippen molar-refractivity contribution < 1.29 is 33.7 Å². The summed E-state index contributed by atoms with van der Waals surface area (Å²) in [5.74, 6) is -2.56. The van der Waals surface area contributed by atoms with Crippen LogP contribution < -0.4 is 0 Å². The van der Waals surface area contributed by atoms with Gasteiger partial charge >= 0.3 is 5.97 Å². The summed E-state index contributed by atoms with van der Waals surface area (Å²) < 4.78 is 17.3. The van der Waals surface area contributed by atoms with Gasteiger partial charge in [0.05, 0.1) is 31.2 Å². The van der Waals surface area contributed by atoms with Gasteiger partial charge in [0.1, 0.15) is 18.2 Å². The largest absolute Gasteiger partial charge is 0.461 e. The summed E-state index contributed by atoms with van der Waals surface area (Å²) >= 11 is 3.66. The van der Waals surface area contributed by atoms with Crippen LogP contribution in [0.5, 0.6) is 0 Å². The predicted molar refractivity (Wildman–Crippen MR) is 139 cm³/mol. The lowest BCUT2D eigenvalue weighted by Crippen LogP contribution is -2.57. The molecule has 1 N–H and O–H groups in total. The number of alkyl halides is 1. The van der Waals surface area contributed by atoms with Gasteiger partial charge in [-0.3, -0.25) is 19.3 Å². The molecular formula is C26H38BrN3O7. The number of carbonyl (C=O) groups excluding carboxylic acids is 3. The van der Waals surface area contributed by atoms with Crippen molar-refractivity contribution in [3.8, 4) is 0 Å². The Morgan fingerprint density at radius 1 is 1.22 bits per heavy atom. The highest BCUT2D eigenvalue weighted by molar-refractivity contribution is 9.09. The Bertz CT molecular complexity index is 882. The van der Waals surface area contributed by atoms with Crippen LogP contribution in [-0.4, -0.2) is 126 Å². The van der Waals surface area contributed by atoms with Crippen LogP contribution in [0.3, 0.4) is 0 Å². The Kier molecular flexibility index (Phi) is 9.44. The first-order valence-corrected chi connectivity index (χ1v) is 14.0. The number of likely N-dealkylation sites (tertiary alicyclic amines) is 1. The summed E-state index contributed by atoms with van der Waals surface area (Å²) in [6, 6.07) is -0.865. The minimum Gasteiger partial charge on any atom is -0.461 e. The fourth-order valence-electron chi connectivity index (χ4n) is 6.26. The molecule has 11 heteroatoms. The third-order valence-electron chi connectivity index (χ3n) is 7.90. The molecule has 4 heterocycles. The Hall–Kier alpha value is -1.79. The van der Waals surface area contributed by atoms with Gasteiger partial charge < -0.3 is 29.1 Å². The van der Waals surface area contributed by atoms with Gasteiger partial charge in [0.25, 0.3) is 0 Å². The van der Waals surface area contributed by atoms with Crippen molar-refractivity contribution in [1.82, 2.24) is 14.7 Å². The van der Waals surface area contributed by atoms with Crippen molar-refractivity contribution >= 4 is 33.7 Å². The van der Waals surface area contributed by atoms with Crippen LogP contribution in [0.2, 0.25) is 0 Å². The monoisotopic (exact) mass is 583 g/mol. The third-order valence-corrected chi connectivity index (χ3v) is 8.74. The number of halogens is 1. The number of hydrogen-bond donors (Lipinski definition) is 1. The molecule has 206 valence electrons. The molecule has 3 unspecified atom stereocenters.